The zero-order chi connectivity index (χ0) is 15.6. The molecule has 0 bridgehead atoms. The molecule has 0 spiro atoms. The Hall–Kier alpha value is -0.0800. The van der Waals surface area contributed by atoms with Gasteiger partial charge in [-0.25, -0.2) is 0 Å². The second-order valence-corrected chi connectivity index (χ2v) is 6.34. The zero-order valence-corrected chi connectivity index (χ0v) is 17.0. The molecule has 1 aliphatic carbocycles. The van der Waals surface area contributed by atoms with E-state index < -0.39 is 0 Å². The summed E-state index contributed by atoms with van der Waals surface area (Å²) in [5, 5.41) is 6.77. The highest BCUT2D eigenvalue weighted by Gasteiger charge is 2.25. The van der Waals surface area contributed by atoms with E-state index in [4.69, 9.17) is 9.47 Å². The minimum Gasteiger partial charge on any atom is -0.378 e. The fourth-order valence-corrected chi connectivity index (χ4v) is 3.57. The Kier molecular flexibility index (Phi) is 11.2. The summed E-state index contributed by atoms with van der Waals surface area (Å²) >= 11 is 0. The van der Waals surface area contributed by atoms with E-state index in [-0.39, 0.29) is 24.0 Å². The molecule has 2 aliphatic rings. The van der Waals surface area contributed by atoms with Crippen LogP contribution in [0.1, 0.15) is 51.9 Å². The Bertz CT molecular complexity index is 330. The van der Waals surface area contributed by atoms with Gasteiger partial charge >= 0.3 is 0 Å². The maximum absolute atomic E-state index is 5.96. The van der Waals surface area contributed by atoms with Gasteiger partial charge in [0.05, 0.1) is 12.2 Å². The summed E-state index contributed by atoms with van der Waals surface area (Å²) in [6.45, 7) is 5.56. The molecule has 0 aromatic carbocycles. The molecule has 1 aliphatic heterocycles. The number of rotatable bonds is 8. The van der Waals surface area contributed by atoms with Gasteiger partial charge in [-0.05, 0) is 44.9 Å². The van der Waals surface area contributed by atoms with Gasteiger partial charge in [0.15, 0.2) is 5.96 Å². The predicted octanol–water partition coefficient (Wildman–Crippen LogP) is 2.93. The van der Waals surface area contributed by atoms with Crippen LogP contribution in [0.25, 0.3) is 0 Å². The van der Waals surface area contributed by atoms with Crippen molar-refractivity contribution in [3.8, 4) is 0 Å². The van der Waals surface area contributed by atoms with Gasteiger partial charge in [-0.2, -0.15) is 0 Å². The first-order valence-electron chi connectivity index (χ1n) is 9.01. The Morgan fingerprint density at radius 3 is 2.61 bits per heavy atom. The van der Waals surface area contributed by atoms with Gasteiger partial charge in [0.1, 0.15) is 0 Å². The van der Waals surface area contributed by atoms with E-state index in [0.717, 1.165) is 51.0 Å². The number of nitrogens with one attached hydrogen (secondary N) is 2. The molecule has 0 radical (unpaired) electrons. The minimum atomic E-state index is 0. The van der Waals surface area contributed by atoms with Gasteiger partial charge in [-0.15, -0.1) is 24.0 Å². The Labute approximate surface area is 158 Å². The average molecular weight is 439 g/mol. The topological polar surface area (TPSA) is 54.9 Å². The van der Waals surface area contributed by atoms with Crippen molar-refractivity contribution >= 4 is 29.9 Å². The van der Waals surface area contributed by atoms with Crippen molar-refractivity contribution < 1.29 is 9.47 Å². The van der Waals surface area contributed by atoms with Crippen LogP contribution in [-0.4, -0.2) is 51.5 Å². The van der Waals surface area contributed by atoms with Crippen LogP contribution in [0.5, 0.6) is 0 Å². The highest BCUT2D eigenvalue weighted by molar-refractivity contribution is 14.0. The molecular formula is C17H34IN3O2. The zero-order valence-electron chi connectivity index (χ0n) is 14.7. The maximum Gasteiger partial charge on any atom is 0.191 e. The molecule has 0 aromatic rings. The monoisotopic (exact) mass is 439 g/mol. The van der Waals surface area contributed by atoms with Crippen LogP contribution in [0.3, 0.4) is 0 Å². The number of ether oxygens (including phenoxy) is 2. The van der Waals surface area contributed by atoms with E-state index in [1.165, 1.54) is 32.1 Å². The molecule has 0 aromatic heterocycles. The fraction of sp³-hybridized carbons (Fsp3) is 0.941. The first-order chi connectivity index (χ1) is 10.8. The van der Waals surface area contributed by atoms with E-state index in [9.17, 15) is 0 Å². The summed E-state index contributed by atoms with van der Waals surface area (Å²) in [6, 6.07) is 0. The molecule has 2 N–H and O–H groups in total. The van der Waals surface area contributed by atoms with Gasteiger partial charge in [-0.3, -0.25) is 4.99 Å². The largest absolute Gasteiger partial charge is 0.378 e. The number of aliphatic imine (C=N–C) groups is 1. The Morgan fingerprint density at radius 2 is 2.00 bits per heavy atom. The summed E-state index contributed by atoms with van der Waals surface area (Å²) in [5.74, 6) is 1.63. The van der Waals surface area contributed by atoms with Crippen molar-refractivity contribution in [1.82, 2.24) is 10.6 Å². The third-order valence-electron chi connectivity index (χ3n) is 4.77. The molecule has 2 unspecified atom stereocenters. The summed E-state index contributed by atoms with van der Waals surface area (Å²) in [7, 11) is 1.82. The highest BCUT2D eigenvalue weighted by Crippen LogP contribution is 2.30. The normalized spacial score (nSPS) is 23.6. The minimum absolute atomic E-state index is 0. The second-order valence-electron chi connectivity index (χ2n) is 6.34. The second kappa shape index (κ2) is 12.3. The highest BCUT2D eigenvalue weighted by atomic mass is 127. The number of hydrogen-bond acceptors (Lipinski definition) is 3. The molecule has 1 saturated heterocycles. The van der Waals surface area contributed by atoms with Crippen LogP contribution in [0.4, 0.5) is 0 Å². The molecule has 136 valence electrons. The Balaban J connectivity index is 0.00000264. The number of halogens is 1. The van der Waals surface area contributed by atoms with Crippen LogP contribution in [0.2, 0.25) is 0 Å². The average Bonchev–Trinajstić information content (AvgIpc) is 3.22. The first-order valence-corrected chi connectivity index (χ1v) is 9.01. The maximum atomic E-state index is 5.96. The smallest absolute Gasteiger partial charge is 0.191 e. The lowest BCUT2D eigenvalue weighted by atomic mass is 9.98. The molecular weight excluding hydrogens is 405 g/mol. The van der Waals surface area contributed by atoms with E-state index in [0.29, 0.717) is 12.2 Å². The van der Waals surface area contributed by atoms with Crippen molar-refractivity contribution in [2.45, 2.75) is 64.1 Å². The third kappa shape index (κ3) is 7.56. The van der Waals surface area contributed by atoms with E-state index >= 15 is 0 Å². The molecule has 1 saturated carbocycles. The lowest BCUT2D eigenvalue weighted by Gasteiger charge is -2.24. The molecule has 5 nitrogen and oxygen atoms in total. The summed E-state index contributed by atoms with van der Waals surface area (Å²) in [4.78, 5) is 4.29. The van der Waals surface area contributed by atoms with Crippen molar-refractivity contribution in [2.75, 3.05) is 33.4 Å². The van der Waals surface area contributed by atoms with Gasteiger partial charge in [0, 0.05) is 33.4 Å². The van der Waals surface area contributed by atoms with Crippen molar-refractivity contribution in [2.24, 2.45) is 10.9 Å². The molecule has 1 heterocycles. The van der Waals surface area contributed by atoms with Gasteiger partial charge in [-0.1, -0.05) is 12.8 Å². The summed E-state index contributed by atoms with van der Waals surface area (Å²) in [5.41, 5.74) is 0. The standard InChI is InChI=1S/C17H33N3O2.HI/c1-3-21-16(14-7-4-5-8-14)10-11-19-17(18-2)20-13-15-9-6-12-22-15;/h14-16H,3-13H2,1-2H3,(H2,18,19,20);1H. The van der Waals surface area contributed by atoms with Gasteiger partial charge in [0.2, 0.25) is 0 Å². The quantitative estimate of drug-likeness (QED) is 0.347. The molecule has 2 rings (SSSR count). The van der Waals surface area contributed by atoms with Crippen molar-refractivity contribution in [3.05, 3.63) is 0 Å². The van der Waals surface area contributed by atoms with Crippen molar-refractivity contribution in [1.29, 1.82) is 0 Å². The third-order valence-corrected chi connectivity index (χ3v) is 4.77. The lowest BCUT2D eigenvalue weighted by Crippen LogP contribution is -2.42. The van der Waals surface area contributed by atoms with Crippen LogP contribution in [0.15, 0.2) is 4.99 Å². The van der Waals surface area contributed by atoms with E-state index in [1.807, 2.05) is 7.05 Å². The van der Waals surface area contributed by atoms with E-state index in [1.54, 1.807) is 0 Å². The molecule has 2 atom stereocenters. The lowest BCUT2D eigenvalue weighted by molar-refractivity contribution is 0.0169. The van der Waals surface area contributed by atoms with Crippen LogP contribution < -0.4 is 10.6 Å². The molecule has 6 heteroatoms. The van der Waals surface area contributed by atoms with Crippen LogP contribution in [-0.2, 0) is 9.47 Å². The number of guanidine groups is 1. The predicted molar refractivity (Wildman–Crippen MR) is 106 cm³/mol. The number of nitrogens with zero attached hydrogens (tertiary/aromatic N) is 1. The molecule has 0 amide bonds. The molecule has 23 heavy (non-hydrogen) atoms. The van der Waals surface area contributed by atoms with Crippen LogP contribution in [0, 0.1) is 5.92 Å². The SMILES string of the molecule is CCOC(CCNC(=NC)NCC1CCCO1)C1CCCC1.I. The summed E-state index contributed by atoms with van der Waals surface area (Å²) in [6.07, 6.45) is 9.52. The Morgan fingerprint density at radius 1 is 1.22 bits per heavy atom. The van der Waals surface area contributed by atoms with Gasteiger partial charge in [0.25, 0.3) is 0 Å². The molecule has 2 fully saturated rings. The van der Waals surface area contributed by atoms with Gasteiger partial charge < -0.3 is 20.1 Å². The number of hydrogen-bond donors (Lipinski definition) is 2. The summed E-state index contributed by atoms with van der Waals surface area (Å²) < 4.78 is 11.6. The van der Waals surface area contributed by atoms with Crippen molar-refractivity contribution in [3.63, 3.8) is 0 Å². The van der Waals surface area contributed by atoms with E-state index in [2.05, 4.69) is 22.5 Å². The fourth-order valence-electron chi connectivity index (χ4n) is 3.57. The first kappa shape index (κ1) is 21.0. The van der Waals surface area contributed by atoms with Crippen LogP contribution >= 0.6 is 24.0 Å².